The fourth-order valence-electron chi connectivity index (χ4n) is 2.13. The van der Waals surface area contributed by atoms with Crippen LogP contribution in [0.5, 0.6) is 5.75 Å². The van der Waals surface area contributed by atoms with E-state index < -0.39 is 0 Å². The van der Waals surface area contributed by atoms with Crippen molar-refractivity contribution in [1.82, 2.24) is 5.32 Å². The lowest BCUT2D eigenvalue weighted by atomic mass is 10.1. The molecule has 1 fully saturated rings. The molecule has 0 aromatic heterocycles. The predicted octanol–water partition coefficient (Wildman–Crippen LogP) is 2.08. The average molecular weight is 249 g/mol. The molecule has 1 atom stereocenters. The van der Waals surface area contributed by atoms with E-state index in [0.29, 0.717) is 12.1 Å². The molecule has 2 rings (SSSR count). The number of ether oxygens (including phenoxy) is 1. The third-order valence-corrected chi connectivity index (χ3v) is 3.13. The van der Waals surface area contributed by atoms with E-state index in [4.69, 9.17) is 4.74 Å². The van der Waals surface area contributed by atoms with Crippen LogP contribution in [0.15, 0.2) is 24.3 Å². The molecule has 0 radical (unpaired) electrons. The predicted molar refractivity (Wildman–Crippen MR) is 68.6 cm³/mol. The SMILES string of the molecule is O=C(NCCC1CCCCO1)c1cccc(O)c1. The summed E-state index contributed by atoms with van der Waals surface area (Å²) in [5.74, 6) is -0.0417. The number of aromatic hydroxyl groups is 1. The number of carbonyl (C=O) groups is 1. The molecule has 18 heavy (non-hydrogen) atoms. The topological polar surface area (TPSA) is 58.6 Å². The highest BCUT2D eigenvalue weighted by atomic mass is 16.5. The van der Waals surface area contributed by atoms with Gasteiger partial charge in [0, 0.05) is 18.7 Å². The van der Waals surface area contributed by atoms with Gasteiger partial charge >= 0.3 is 0 Å². The lowest BCUT2D eigenvalue weighted by Gasteiger charge is -2.22. The number of rotatable bonds is 4. The van der Waals surface area contributed by atoms with Gasteiger partial charge in [0.25, 0.3) is 5.91 Å². The van der Waals surface area contributed by atoms with Gasteiger partial charge in [-0.2, -0.15) is 0 Å². The Morgan fingerprint density at radius 1 is 1.44 bits per heavy atom. The van der Waals surface area contributed by atoms with Crippen LogP contribution in [0.25, 0.3) is 0 Å². The van der Waals surface area contributed by atoms with Crippen molar-refractivity contribution in [2.24, 2.45) is 0 Å². The first kappa shape index (κ1) is 12.9. The van der Waals surface area contributed by atoms with Crippen molar-refractivity contribution in [1.29, 1.82) is 0 Å². The van der Waals surface area contributed by atoms with Crippen molar-refractivity contribution in [3.8, 4) is 5.75 Å². The zero-order chi connectivity index (χ0) is 12.8. The third kappa shape index (κ3) is 3.74. The lowest BCUT2D eigenvalue weighted by Crippen LogP contribution is -2.29. The van der Waals surface area contributed by atoms with Crippen LogP contribution >= 0.6 is 0 Å². The van der Waals surface area contributed by atoms with Gasteiger partial charge in [-0.05, 0) is 43.9 Å². The minimum Gasteiger partial charge on any atom is -0.508 e. The molecule has 4 nitrogen and oxygen atoms in total. The second-order valence-corrected chi connectivity index (χ2v) is 4.58. The van der Waals surface area contributed by atoms with E-state index in [1.54, 1.807) is 18.2 Å². The van der Waals surface area contributed by atoms with Gasteiger partial charge in [0.2, 0.25) is 0 Å². The summed E-state index contributed by atoms with van der Waals surface area (Å²) in [4.78, 5) is 11.8. The molecule has 1 aromatic carbocycles. The fourth-order valence-corrected chi connectivity index (χ4v) is 2.13. The quantitative estimate of drug-likeness (QED) is 0.859. The average Bonchev–Trinajstić information content (AvgIpc) is 2.40. The number of hydrogen-bond donors (Lipinski definition) is 2. The Labute approximate surface area is 107 Å². The number of nitrogens with one attached hydrogen (secondary N) is 1. The van der Waals surface area contributed by atoms with Crippen molar-refractivity contribution < 1.29 is 14.6 Å². The second-order valence-electron chi connectivity index (χ2n) is 4.58. The molecule has 0 spiro atoms. The standard InChI is InChI=1S/C14H19NO3/c16-12-5-3-4-11(10-12)14(17)15-8-7-13-6-1-2-9-18-13/h3-5,10,13,16H,1-2,6-9H2,(H,15,17). The summed E-state index contributed by atoms with van der Waals surface area (Å²) in [5, 5.41) is 12.1. The van der Waals surface area contributed by atoms with E-state index in [9.17, 15) is 9.90 Å². The Morgan fingerprint density at radius 3 is 3.06 bits per heavy atom. The van der Waals surface area contributed by atoms with Crippen molar-refractivity contribution in [2.45, 2.75) is 31.8 Å². The number of hydrogen-bond acceptors (Lipinski definition) is 3. The first-order valence-corrected chi connectivity index (χ1v) is 6.44. The minimum absolute atomic E-state index is 0.110. The molecular formula is C14H19NO3. The Bertz CT molecular complexity index is 400. The third-order valence-electron chi connectivity index (χ3n) is 3.13. The van der Waals surface area contributed by atoms with Gasteiger partial charge in [0.15, 0.2) is 0 Å². The fraction of sp³-hybridized carbons (Fsp3) is 0.500. The molecule has 98 valence electrons. The Hall–Kier alpha value is -1.55. The monoisotopic (exact) mass is 249 g/mol. The minimum atomic E-state index is -0.151. The van der Waals surface area contributed by atoms with Gasteiger partial charge < -0.3 is 15.2 Å². The van der Waals surface area contributed by atoms with Crippen molar-refractivity contribution in [2.75, 3.05) is 13.2 Å². The highest BCUT2D eigenvalue weighted by Gasteiger charge is 2.14. The lowest BCUT2D eigenvalue weighted by molar-refractivity contribution is 0.0117. The zero-order valence-electron chi connectivity index (χ0n) is 10.4. The van der Waals surface area contributed by atoms with Crippen LogP contribution in [0.4, 0.5) is 0 Å². The van der Waals surface area contributed by atoms with Gasteiger partial charge in [-0.15, -0.1) is 0 Å². The van der Waals surface area contributed by atoms with Gasteiger partial charge in [-0.1, -0.05) is 6.07 Å². The Morgan fingerprint density at radius 2 is 2.33 bits per heavy atom. The first-order chi connectivity index (χ1) is 8.75. The molecule has 4 heteroatoms. The molecule has 0 aliphatic carbocycles. The highest BCUT2D eigenvalue weighted by molar-refractivity contribution is 5.94. The molecule has 0 saturated carbocycles. The van der Waals surface area contributed by atoms with Crippen LogP contribution in [0, 0.1) is 0 Å². The number of carbonyl (C=O) groups excluding carboxylic acids is 1. The summed E-state index contributed by atoms with van der Waals surface area (Å²) in [5.41, 5.74) is 0.486. The maximum Gasteiger partial charge on any atom is 0.251 e. The van der Waals surface area contributed by atoms with Crippen molar-refractivity contribution in [3.63, 3.8) is 0 Å². The first-order valence-electron chi connectivity index (χ1n) is 6.44. The van der Waals surface area contributed by atoms with E-state index in [1.807, 2.05) is 0 Å². The molecule has 1 heterocycles. The van der Waals surface area contributed by atoms with Crippen LogP contribution in [0.2, 0.25) is 0 Å². The van der Waals surface area contributed by atoms with Gasteiger partial charge in [0.1, 0.15) is 5.75 Å². The van der Waals surface area contributed by atoms with Crippen LogP contribution in [0.3, 0.4) is 0 Å². The summed E-state index contributed by atoms with van der Waals surface area (Å²) < 4.78 is 5.59. The van der Waals surface area contributed by atoms with E-state index in [2.05, 4.69) is 5.32 Å². The smallest absolute Gasteiger partial charge is 0.251 e. The number of phenolic OH excluding ortho intramolecular Hbond substituents is 1. The van der Waals surface area contributed by atoms with Crippen molar-refractivity contribution >= 4 is 5.91 Å². The maximum absolute atomic E-state index is 11.8. The van der Waals surface area contributed by atoms with E-state index in [1.165, 1.54) is 12.5 Å². The summed E-state index contributed by atoms with van der Waals surface area (Å²) in [6.07, 6.45) is 4.58. The summed E-state index contributed by atoms with van der Waals surface area (Å²) in [6, 6.07) is 6.36. The van der Waals surface area contributed by atoms with Crippen LogP contribution in [0.1, 0.15) is 36.0 Å². The molecule has 1 amide bonds. The molecule has 1 saturated heterocycles. The summed E-state index contributed by atoms with van der Waals surface area (Å²) in [7, 11) is 0. The molecule has 1 aliphatic heterocycles. The molecule has 0 bridgehead atoms. The normalized spacial score (nSPS) is 19.4. The molecular weight excluding hydrogens is 230 g/mol. The molecule has 1 aliphatic rings. The van der Waals surface area contributed by atoms with Crippen molar-refractivity contribution in [3.05, 3.63) is 29.8 Å². The largest absolute Gasteiger partial charge is 0.508 e. The maximum atomic E-state index is 11.8. The molecule has 2 N–H and O–H groups in total. The number of phenols is 1. The van der Waals surface area contributed by atoms with E-state index >= 15 is 0 Å². The second kappa shape index (κ2) is 6.40. The summed E-state index contributed by atoms with van der Waals surface area (Å²) in [6.45, 7) is 1.45. The summed E-state index contributed by atoms with van der Waals surface area (Å²) >= 11 is 0. The van der Waals surface area contributed by atoms with E-state index in [-0.39, 0.29) is 17.8 Å². The number of benzene rings is 1. The number of amides is 1. The zero-order valence-corrected chi connectivity index (χ0v) is 10.4. The van der Waals surface area contributed by atoms with Gasteiger partial charge in [-0.25, -0.2) is 0 Å². The van der Waals surface area contributed by atoms with Crippen LogP contribution < -0.4 is 5.32 Å². The molecule has 1 unspecified atom stereocenters. The molecule has 1 aromatic rings. The highest BCUT2D eigenvalue weighted by Crippen LogP contribution is 2.15. The van der Waals surface area contributed by atoms with Crippen LogP contribution in [-0.4, -0.2) is 30.3 Å². The van der Waals surface area contributed by atoms with Gasteiger partial charge in [0.05, 0.1) is 6.10 Å². The Balaban J connectivity index is 1.74. The van der Waals surface area contributed by atoms with Crippen LogP contribution in [-0.2, 0) is 4.74 Å². The van der Waals surface area contributed by atoms with E-state index in [0.717, 1.165) is 25.9 Å². The Kier molecular flexibility index (Phi) is 4.59. The van der Waals surface area contributed by atoms with Gasteiger partial charge in [-0.3, -0.25) is 4.79 Å².